The molecule has 0 bridgehead atoms. The van der Waals surface area contributed by atoms with Crippen molar-refractivity contribution in [1.82, 2.24) is 5.06 Å². The van der Waals surface area contributed by atoms with Crippen molar-refractivity contribution < 1.29 is 29.1 Å². The summed E-state index contributed by atoms with van der Waals surface area (Å²) in [5.41, 5.74) is 0.950. The lowest BCUT2D eigenvalue weighted by Crippen LogP contribution is -2.31. The third-order valence-corrected chi connectivity index (χ3v) is 3.63. The van der Waals surface area contributed by atoms with Crippen LogP contribution in [-0.2, 0) is 20.6 Å². The van der Waals surface area contributed by atoms with Gasteiger partial charge in [-0.1, -0.05) is 12.1 Å². The second kappa shape index (κ2) is 8.14. The Morgan fingerprint density at radius 2 is 1.90 bits per heavy atom. The number of hydrogen-bond donors (Lipinski definition) is 3. The number of hydroxylamine groups is 2. The largest absolute Gasteiger partial charge is 0.508 e. The summed E-state index contributed by atoms with van der Waals surface area (Å²) in [6.07, 6.45) is 0.448. The van der Waals surface area contributed by atoms with E-state index < -0.39 is 7.60 Å². The van der Waals surface area contributed by atoms with E-state index in [1.165, 1.54) is 6.92 Å². The predicted molar refractivity (Wildman–Crippen MR) is 76.7 cm³/mol. The number of amides is 1. The zero-order chi connectivity index (χ0) is 15.9. The van der Waals surface area contributed by atoms with Gasteiger partial charge in [-0.25, -0.2) is 5.06 Å². The van der Waals surface area contributed by atoms with Crippen LogP contribution in [0, 0.1) is 0 Å². The molecule has 0 heterocycles. The van der Waals surface area contributed by atoms with Crippen LogP contribution in [0.4, 0.5) is 0 Å². The van der Waals surface area contributed by atoms with E-state index in [0.29, 0.717) is 6.42 Å². The second-order valence-electron chi connectivity index (χ2n) is 4.61. The Bertz CT molecular complexity index is 498. The molecule has 0 saturated carbocycles. The lowest BCUT2D eigenvalue weighted by atomic mass is 10.1. The third kappa shape index (κ3) is 7.82. The highest BCUT2D eigenvalue weighted by atomic mass is 31.2. The number of rotatable bonds is 8. The van der Waals surface area contributed by atoms with Gasteiger partial charge >= 0.3 is 7.60 Å². The van der Waals surface area contributed by atoms with E-state index >= 15 is 0 Å². The molecule has 1 aromatic carbocycles. The smallest absolute Gasteiger partial charge is 0.325 e. The minimum Gasteiger partial charge on any atom is -0.508 e. The van der Waals surface area contributed by atoms with Gasteiger partial charge in [0.2, 0.25) is 5.91 Å². The molecule has 0 spiro atoms. The number of aromatic hydroxyl groups is 1. The molecule has 0 atom stereocenters. The van der Waals surface area contributed by atoms with Crippen LogP contribution in [0.25, 0.3) is 0 Å². The highest BCUT2D eigenvalue weighted by Crippen LogP contribution is 2.34. The van der Waals surface area contributed by atoms with Gasteiger partial charge in [-0.15, -0.1) is 0 Å². The Hall–Kier alpha value is -1.40. The molecule has 1 rings (SSSR count). The first-order valence-electron chi connectivity index (χ1n) is 6.51. The molecular weight excluding hydrogens is 297 g/mol. The van der Waals surface area contributed by atoms with Crippen molar-refractivity contribution in [1.29, 1.82) is 0 Å². The van der Waals surface area contributed by atoms with Gasteiger partial charge in [0.25, 0.3) is 0 Å². The quantitative estimate of drug-likeness (QED) is 0.492. The molecule has 1 aromatic rings. The van der Waals surface area contributed by atoms with Crippen molar-refractivity contribution in [2.24, 2.45) is 0 Å². The van der Waals surface area contributed by atoms with Crippen molar-refractivity contribution in [3.63, 3.8) is 0 Å². The minimum atomic E-state index is -4.05. The summed E-state index contributed by atoms with van der Waals surface area (Å²) < 4.78 is 10.7. The Morgan fingerprint density at radius 1 is 1.29 bits per heavy atom. The molecule has 0 aliphatic rings. The molecule has 0 fully saturated rings. The van der Waals surface area contributed by atoms with Gasteiger partial charge in [0.05, 0.1) is 12.8 Å². The molecule has 0 unspecified atom stereocenters. The van der Waals surface area contributed by atoms with E-state index in [-0.39, 0.29) is 37.4 Å². The molecule has 3 N–H and O–H groups in total. The van der Waals surface area contributed by atoms with Crippen LogP contribution < -0.4 is 0 Å². The maximum absolute atomic E-state index is 11.4. The van der Waals surface area contributed by atoms with Gasteiger partial charge in [-0.05, 0) is 30.5 Å². The third-order valence-electron chi connectivity index (χ3n) is 2.74. The average Bonchev–Trinajstić information content (AvgIpc) is 2.37. The molecule has 7 nitrogen and oxygen atoms in total. The minimum absolute atomic E-state index is 0.135. The lowest BCUT2D eigenvalue weighted by Gasteiger charge is -2.20. The highest BCUT2D eigenvalue weighted by molar-refractivity contribution is 7.51. The molecule has 0 aliphatic heterocycles. The van der Waals surface area contributed by atoms with Crippen molar-refractivity contribution >= 4 is 13.5 Å². The van der Waals surface area contributed by atoms with Crippen molar-refractivity contribution in [2.45, 2.75) is 19.8 Å². The molecule has 0 radical (unpaired) electrons. The fourth-order valence-electron chi connectivity index (χ4n) is 1.67. The Morgan fingerprint density at radius 3 is 2.43 bits per heavy atom. The SMILES string of the molecule is CC(=O)N(CCCP(=O)(O)O)OCCc1ccc(O)cc1. The first-order valence-corrected chi connectivity index (χ1v) is 8.31. The van der Waals surface area contributed by atoms with Crippen LogP contribution in [0.15, 0.2) is 24.3 Å². The molecule has 118 valence electrons. The number of carbonyl (C=O) groups is 1. The Labute approximate surface area is 123 Å². The average molecular weight is 317 g/mol. The number of benzene rings is 1. The van der Waals surface area contributed by atoms with E-state index in [9.17, 15) is 9.36 Å². The maximum atomic E-state index is 11.4. The van der Waals surface area contributed by atoms with E-state index in [1.54, 1.807) is 24.3 Å². The fourth-order valence-corrected chi connectivity index (χ4v) is 2.22. The molecule has 8 heteroatoms. The fraction of sp³-hybridized carbons (Fsp3) is 0.462. The van der Waals surface area contributed by atoms with Crippen LogP contribution in [0.1, 0.15) is 18.9 Å². The summed E-state index contributed by atoms with van der Waals surface area (Å²) in [4.78, 5) is 34.2. The predicted octanol–water partition coefficient (Wildman–Crippen LogP) is 1.28. The van der Waals surface area contributed by atoms with Gasteiger partial charge in [-0.3, -0.25) is 14.2 Å². The summed E-state index contributed by atoms with van der Waals surface area (Å²) in [6, 6.07) is 6.64. The molecule has 0 aliphatic carbocycles. The van der Waals surface area contributed by atoms with Crippen LogP contribution in [0.2, 0.25) is 0 Å². The number of nitrogens with zero attached hydrogens (tertiary/aromatic N) is 1. The molecule has 1 amide bonds. The van der Waals surface area contributed by atoms with Crippen molar-refractivity contribution in [3.05, 3.63) is 29.8 Å². The molecule has 0 aromatic heterocycles. The van der Waals surface area contributed by atoms with E-state index in [4.69, 9.17) is 19.7 Å². The number of phenolic OH excluding ortho intramolecular Hbond substituents is 1. The van der Waals surface area contributed by atoms with Crippen LogP contribution >= 0.6 is 7.60 Å². The van der Waals surface area contributed by atoms with E-state index in [0.717, 1.165) is 10.6 Å². The zero-order valence-corrected chi connectivity index (χ0v) is 12.7. The van der Waals surface area contributed by atoms with Gasteiger partial charge < -0.3 is 14.9 Å². The summed E-state index contributed by atoms with van der Waals surface area (Å²) in [5.74, 6) is -0.131. The highest BCUT2D eigenvalue weighted by Gasteiger charge is 2.15. The summed E-state index contributed by atoms with van der Waals surface area (Å²) >= 11 is 0. The summed E-state index contributed by atoms with van der Waals surface area (Å²) in [6.45, 7) is 1.73. The first kappa shape index (κ1) is 17.7. The van der Waals surface area contributed by atoms with Crippen molar-refractivity contribution in [2.75, 3.05) is 19.3 Å². The van der Waals surface area contributed by atoms with Gasteiger partial charge in [0.1, 0.15) is 5.75 Å². The summed E-state index contributed by atoms with van der Waals surface area (Å²) in [7, 11) is -4.05. The number of carbonyl (C=O) groups excluding carboxylic acids is 1. The zero-order valence-electron chi connectivity index (χ0n) is 11.8. The topological polar surface area (TPSA) is 107 Å². The molecule has 21 heavy (non-hydrogen) atoms. The van der Waals surface area contributed by atoms with Crippen molar-refractivity contribution in [3.8, 4) is 5.75 Å². The first-order chi connectivity index (χ1) is 9.78. The van der Waals surface area contributed by atoms with E-state index in [2.05, 4.69) is 0 Å². The summed E-state index contributed by atoms with van der Waals surface area (Å²) in [5, 5.41) is 10.3. The maximum Gasteiger partial charge on any atom is 0.325 e. The Balaban J connectivity index is 2.35. The number of hydrogen-bond acceptors (Lipinski definition) is 4. The van der Waals surface area contributed by atoms with Gasteiger partial charge in [0.15, 0.2) is 0 Å². The van der Waals surface area contributed by atoms with Crippen LogP contribution in [-0.4, -0.2) is 45.2 Å². The standard InChI is InChI=1S/C13H20NO6P/c1-11(15)14(8-2-10-21(17,18)19)20-9-7-12-3-5-13(16)6-4-12/h3-6,16H,2,7-10H2,1H3,(H2,17,18,19). The molecular formula is C13H20NO6P. The van der Waals surface area contributed by atoms with Crippen LogP contribution in [0.3, 0.4) is 0 Å². The molecule has 0 saturated heterocycles. The lowest BCUT2D eigenvalue weighted by molar-refractivity contribution is -0.183. The monoisotopic (exact) mass is 317 g/mol. The number of phenols is 1. The second-order valence-corrected chi connectivity index (χ2v) is 6.39. The normalized spacial score (nSPS) is 11.4. The van der Waals surface area contributed by atoms with Gasteiger partial charge in [0, 0.05) is 13.5 Å². The van der Waals surface area contributed by atoms with Crippen LogP contribution in [0.5, 0.6) is 5.75 Å². The Kier molecular flexibility index (Phi) is 6.84. The van der Waals surface area contributed by atoms with E-state index in [1.807, 2.05) is 0 Å². The van der Waals surface area contributed by atoms with Gasteiger partial charge in [-0.2, -0.15) is 0 Å².